The van der Waals surface area contributed by atoms with Gasteiger partial charge in [-0.2, -0.15) is 0 Å². The number of anilines is 1. The quantitative estimate of drug-likeness (QED) is 0.456. The molecule has 2 atom stereocenters. The van der Waals surface area contributed by atoms with Crippen LogP contribution >= 0.6 is 23.2 Å². The Bertz CT molecular complexity index is 1150. The molecule has 0 spiro atoms. The first-order valence-corrected chi connectivity index (χ1v) is 13.5. The number of imidazole rings is 1. The van der Waals surface area contributed by atoms with E-state index in [1.807, 2.05) is 36.5 Å². The maximum atomic E-state index is 10.9. The monoisotopic (exact) mass is 528 g/mol. The van der Waals surface area contributed by atoms with E-state index in [2.05, 4.69) is 38.5 Å². The van der Waals surface area contributed by atoms with Crippen molar-refractivity contribution in [2.24, 2.45) is 0 Å². The van der Waals surface area contributed by atoms with Crippen LogP contribution < -0.4 is 4.90 Å². The third-order valence-corrected chi connectivity index (χ3v) is 8.46. The number of benzene rings is 1. The summed E-state index contributed by atoms with van der Waals surface area (Å²) in [6.07, 6.45) is 7.87. The van der Waals surface area contributed by atoms with Crippen molar-refractivity contribution in [3.05, 3.63) is 64.5 Å². The number of aliphatic hydroxyl groups is 1. The number of nitrogens with one attached hydrogen (secondary N) is 1. The maximum absolute atomic E-state index is 10.9. The molecule has 1 unspecified atom stereocenters. The minimum absolute atomic E-state index is 0.101. The van der Waals surface area contributed by atoms with E-state index in [0.717, 1.165) is 74.8 Å². The lowest BCUT2D eigenvalue weighted by atomic mass is 9.84. The summed E-state index contributed by atoms with van der Waals surface area (Å²) in [7, 11) is 0. The zero-order valence-corrected chi connectivity index (χ0v) is 22.4. The molecule has 36 heavy (non-hydrogen) atoms. The first-order chi connectivity index (χ1) is 17.4. The average Bonchev–Trinajstić information content (AvgIpc) is 3.44. The van der Waals surface area contributed by atoms with E-state index in [1.165, 1.54) is 0 Å². The first kappa shape index (κ1) is 25.5. The molecule has 192 valence electrons. The molecule has 2 saturated heterocycles. The number of H-pyrrole nitrogens is 1. The van der Waals surface area contributed by atoms with Gasteiger partial charge in [-0.1, -0.05) is 42.3 Å². The number of aromatic nitrogens is 3. The normalized spacial score (nSPS) is 22.0. The van der Waals surface area contributed by atoms with Crippen LogP contribution in [0.25, 0.3) is 11.4 Å². The lowest BCUT2D eigenvalue weighted by Crippen LogP contribution is -2.63. The second-order valence-corrected chi connectivity index (χ2v) is 11.0. The van der Waals surface area contributed by atoms with Crippen LogP contribution in [0.5, 0.6) is 0 Å². The number of nitrogens with zero attached hydrogens (tertiary/aromatic N) is 5. The molecular formula is C27H34Cl2N6O. The van der Waals surface area contributed by atoms with Gasteiger partial charge >= 0.3 is 0 Å². The van der Waals surface area contributed by atoms with Gasteiger partial charge in [-0.05, 0) is 49.9 Å². The molecule has 2 aromatic heterocycles. The molecule has 0 amide bonds. The summed E-state index contributed by atoms with van der Waals surface area (Å²) in [5, 5.41) is 12.3. The Balaban J connectivity index is 1.23. The smallest absolute Gasteiger partial charge is 0.147 e. The lowest BCUT2D eigenvalue weighted by Gasteiger charge is -2.54. The van der Waals surface area contributed by atoms with Crippen molar-refractivity contribution in [1.82, 2.24) is 24.8 Å². The zero-order valence-electron chi connectivity index (χ0n) is 20.9. The molecule has 0 aliphatic carbocycles. The Labute approximate surface area is 223 Å². The molecule has 2 N–H and O–H groups in total. The average molecular weight is 530 g/mol. The fraction of sp³-hybridized carbons (Fsp3) is 0.481. The van der Waals surface area contributed by atoms with E-state index < -0.39 is 6.23 Å². The Morgan fingerprint density at radius 1 is 1.11 bits per heavy atom. The molecular weight excluding hydrogens is 495 g/mol. The molecule has 5 rings (SSSR count). The largest absolute Gasteiger partial charge is 0.374 e. The Morgan fingerprint density at radius 2 is 1.86 bits per heavy atom. The molecule has 0 radical (unpaired) electrons. The topological polar surface area (TPSA) is 71.5 Å². The summed E-state index contributed by atoms with van der Waals surface area (Å²) >= 11 is 12.7. The van der Waals surface area contributed by atoms with Crippen molar-refractivity contribution < 1.29 is 5.11 Å². The molecule has 0 bridgehead atoms. The number of hydrogen-bond donors (Lipinski definition) is 2. The van der Waals surface area contributed by atoms with E-state index >= 15 is 0 Å². The number of aliphatic hydroxyl groups excluding tert-OH is 1. The van der Waals surface area contributed by atoms with Gasteiger partial charge in [0.05, 0.1) is 5.02 Å². The van der Waals surface area contributed by atoms with Crippen molar-refractivity contribution in [3.8, 4) is 11.4 Å². The highest BCUT2D eigenvalue weighted by Gasteiger charge is 2.42. The van der Waals surface area contributed by atoms with Gasteiger partial charge in [0.15, 0.2) is 0 Å². The van der Waals surface area contributed by atoms with E-state index in [0.29, 0.717) is 16.1 Å². The molecule has 2 fully saturated rings. The van der Waals surface area contributed by atoms with Crippen molar-refractivity contribution in [2.75, 3.05) is 37.6 Å². The van der Waals surface area contributed by atoms with E-state index in [9.17, 15) is 5.11 Å². The van der Waals surface area contributed by atoms with Gasteiger partial charge in [0.25, 0.3) is 0 Å². The van der Waals surface area contributed by atoms with Crippen LogP contribution in [0.3, 0.4) is 0 Å². The van der Waals surface area contributed by atoms with E-state index in [-0.39, 0.29) is 5.54 Å². The number of rotatable bonds is 6. The maximum Gasteiger partial charge on any atom is 0.147 e. The standard InChI is InChI=1S/C27H34Cl2N6O/c1-3-22-18-34(25-23(29)16-20(17-32-25)24-30-10-11-31-24)14-15-35(22)27(2)8-12-33(13-9-27)26(36)19-4-6-21(28)7-5-19/h4-7,10-11,16-17,22,26,36H,3,8-9,12-15,18H2,1-2H3,(H,30,31)/t22-,26?/m0/s1. The van der Waals surface area contributed by atoms with Gasteiger partial charge < -0.3 is 15.0 Å². The number of piperidine rings is 1. The molecule has 2 aliphatic rings. The number of piperazine rings is 1. The highest BCUT2D eigenvalue weighted by atomic mass is 35.5. The molecule has 9 heteroatoms. The predicted molar refractivity (Wildman–Crippen MR) is 145 cm³/mol. The lowest BCUT2D eigenvalue weighted by molar-refractivity contribution is -0.0611. The van der Waals surface area contributed by atoms with Crippen molar-refractivity contribution >= 4 is 29.0 Å². The number of pyridine rings is 1. The minimum atomic E-state index is -0.594. The Morgan fingerprint density at radius 3 is 2.50 bits per heavy atom. The van der Waals surface area contributed by atoms with E-state index in [1.54, 1.807) is 12.4 Å². The van der Waals surface area contributed by atoms with Gasteiger partial charge in [0.2, 0.25) is 0 Å². The molecule has 4 heterocycles. The van der Waals surface area contributed by atoms with Crippen molar-refractivity contribution in [3.63, 3.8) is 0 Å². The third kappa shape index (κ3) is 5.13. The number of hydrogen-bond acceptors (Lipinski definition) is 6. The Kier molecular flexibility index (Phi) is 7.56. The van der Waals surface area contributed by atoms with Crippen molar-refractivity contribution in [1.29, 1.82) is 0 Å². The van der Waals surface area contributed by atoms with Crippen LogP contribution in [0, 0.1) is 0 Å². The number of likely N-dealkylation sites (tertiary alicyclic amines) is 1. The fourth-order valence-corrected chi connectivity index (χ4v) is 6.12. The summed E-state index contributed by atoms with van der Waals surface area (Å²) < 4.78 is 0. The molecule has 2 aliphatic heterocycles. The number of halogens is 2. The highest BCUT2D eigenvalue weighted by molar-refractivity contribution is 6.33. The van der Waals surface area contributed by atoms with E-state index in [4.69, 9.17) is 28.2 Å². The third-order valence-electron chi connectivity index (χ3n) is 7.93. The number of aromatic amines is 1. The van der Waals surface area contributed by atoms with Gasteiger partial charge in [0, 0.05) is 73.5 Å². The molecule has 0 saturated carbocycles. The Hall–Kier alpha value is -2.16. The first-order valence-electron chi connectivity index (χ1n) is 12.7. The second kappa shape index (κ2) is 10.7. The summed E-state index contributed by atoms with van der Waals surface area (Å²) in [5.74, 6) is 1.61. The minimum Gasteiger partial charge on any atom is -0.374 e. The summed E-state index contributed by atoms with van der Waals surface area (Å²) in [6.45, 7) is 9.12. The van der Waals surface area contributed by atoms with Gasteiger partial charge in [-0.25, -0.2) is 9.97 Å². The molecule has 1 aromatic carbocycles. The second-order valence-electron chi connectivity index (χ2n) is 10.1. The zero-order chi connectivity index (χ0) is 25.3. The van der Waals surface area contributed by atoms with Crippen molar-refractivity contribution in [2.45, 2.75) is 50.9 Å². The highest BCUT2D eigenvalue weighted by Crippen LogP contribution is 2.37. The van der Waals surface area contributed by atoms with Crippen LogP contribution in [0.2, 0.25) is 10.0 Å². The SMILES string of the molecule is CC[C@H]1CN(c2ncc(-c3ncc[nH]3)cc2Cl)CCN1C1(C)CCN(C(O)c2ccc(Cl)cc2)CC1. The predicted octanol–water partition coefficient (Wildman–Crippen LogP) is 5.22. The van der Waals surface area contributed by atoms with Crippen LogP contribution in [0.15, 0.2) is 48.9 Å². The van der Waals surface area contributed by atoms with Crippen LogP contribution in [-0.2, 0) is 0 Å². The summed E-state index contributed by atoms with van der Waals surface area (Å²) in [5.41, 5.74) is 1.88. The van der Waals surface area contributed by atoms with Crippen LogP contribution in [0.4, 0.5) is 5.82 Å². The molecule has 7 nitrogen and oxygen atoms in total. The molecule has 3 aromatic rings. The fourth-order valence-electron chi connectivity index (χ4n) is 5.71. The van der Waals surface area contributed by atoms with Gasteiger partial charge in [-0.3, -0.25) is 9.80 Å². The van der Waals surface area contributed by atoms with Gasteiger partial charge in [0.1, 0.15) is 17.9 Å². The summed E-state index contributed by atoms with van der Waals surface area (Å²) in [6, 6.07) is 9.86. The summed E-state index contributed by atoms with van der Waals surface area (Å²) in [4.78, 5) is 19.3. The van der Waals surface area contributed by atoms with Crippen LogP contribution in [0.1, 0.15) is 44.9 Å². The van der Waals surface area contributed by atoms with Gasteiger partial charge in [-0.15, -0.1) is 0 Å². The van der Waals surface area contributed by atoms with Crippen LogP contribution in [-0.4, -0.2) is 74.2 Å².